The molecule has 482 valence electrons. The molecule has 0 saturated carbocycles. The monoisotopic (exact) mass is 1140 g/mol. The number of ether oxygens (including phenoxy) is 1. The number of hydrogen-bond acceptors (Lipinski definition) is 5. The summed E-state index contributed by atoms with van der Waals surface area (Å²) < 4.78 is 5.49. The first-order valence-corrected chi connectivity index (χ1v) is 37.5. The van der Waals surface area contributed by atoms with Crippen molar-refractivity contribution < 1.29 is 24.5 Å². The maximum atomic E-state index is 12.5. The van der Waals surface area contributed by atoms with Crippen LogP contribution in [0.1, 0.15) is 431 Å². The van der Waals surface area contributed by atoms with Crippen LogP contribution in [0.3, 0.4) is 0 Å². The normalized spacial score (nSPS) is 12.5. The zero-order chi connectivity index (χ0) is 58.5. The molecule has 0 aliphatic heterocycles. The van der Waals surface area contributed by atoms with Crippen LogP contribution in [-0.2, 0) is 14.3 Å². The van der Waals surface area contributed by atoms with Gasteiger partial charge in [0, 0.05) is 12.8 Å². The van der Waals surface area contributed by atoms with Crippen molar-refractivity contribution in [1.29, 1.82) is 0 Å². The van der Waals surface area contributed by atoms with Crippen molar-refractivity contribution in [3.63, 3.8) is 0 Å². The molecule has 1 amide bonds. The zero-order valence-electron chi connectivity index (χ0n) is 55.3. The Hall–Kier alpha value is -1.40. The molecule has 3 N–H and O–H groups in total. The molecular formula is C75H147NO5. The molecule has 2 atom stereocenters. The quantitative estimate of drug-likeness (QED) is 0.0320. The number of aliphatic hydroxyl groups is 2. The first-order chi connectivity index (χ1) is 40.0. The summed E-state index contributed by atoms with van der Waals surface area (Å²) in [5.74, 6) is -0.0348. The maximum Gasteiger partial charge on any atom is 0.305 e. The predicted molar refractivity (Wildman–Crippen MR) is 357 cm³/mol. The SMILES string of the molecule is CCCCCCCCCCCCCCCCC/C=C/C(O)C(CO)NC(=O)CCCCCCCCCCCCCCCCCCCCCCCCCCCCCCCCCCCCCOC(=O)CCCCCCCCCCCCCC. The maximum absolute atomic E-state index is 12.5. The lowest BCUT2D eigenvalue weighted by Gasteiger charge is -2.20. The predicted octanol–water partition coefficient (Wildman–Crippen LogP) is 24.3. The highest BCUT2D eigenvalue weighted by atomic mass is 16.5. The molecule has 0 radical (unpaired) electrons. The Morgan fingerprint density at radius 1 is 0.333 bits per heavy atom. The molecule has 6 heteroatoms. The molecule has 0 fully saturated rings. The summed E-state index contributed by atoms with van der Waals surface area (Å²) >= 11 is 0. The van der Waals surface area contributed by atoms with E-state index in [2.05, 4.69) is 19.2 Å². The summed E-state index contributed by atoms with van der Waals surface area (Å²) in [6.07, 6.45) is 89.0. The fraction of sp³-hybridized carbons (Fsp3) is 0.947. The topological polar surface area (TPSA) is 95.9 Å². The molecule has 6 nitrogen and oxygen atoms in total. The van der Waals surface area contributed by atoms with Gasteiger partial charge in [-0.25, -0.2) is 0 Å². The van der Waals surface area contributed by atoms with E-state index in [4.69, 9.17) is 4.74 Å². The largest absolute Gasteiger partial charge is 0.466 e. The summed E-state index contributed by atoms with van der Waals surface area (Å²) in [5.41, 5.74) is 0. The number of aliphatic hydroxyl groups excluding tert-OH is 2. The summed E-state index contributed by atoms with van der Waals surface area (Å²) in [4.78, 5) is 24.5. The van der Waals surface area contributed by atoms with Crippen molar-refractivity contribution in [1.82, 2.24) is 5.32 Å². The Balaban J connectivity index is 3.32. The van der Waals surface area contributed by atoms with Crippen molar-refractivity contribution >= 4 is 11.9 Å². The summed E-state index contributed by atoms with van der Waals surface area (Å²) in [7, 11) is 0. The minimum Gasteiger partial charge on any atom is -0.466 e. The molecule has 0 spiro atoms. The lowest BCUT2D eigenvalue weighted by Crippen LogP contribution is -2.45. The average molecular weight is 1140 g/mol. The third-order valence-corrected chi connectivity index (χ3v) is 17.8. The van der Waals surface area contributed by atoms with Crippen LogP contribution in [0.2, 0.25) is 0 Å². The van der Waals surface area contributed by atoms with Gasteiger partial charge in [-0.1, -0.05) is 398 Å². The third kappa shape index (κ3) is 67.6. The number of allylic oxidation sites excluding steroid dienone is 1. The molecule has 81 heavy (non-hydrogen) atoms. The van der Waals surface area contributed by atoms with Gasteiger partial charge in [0.1, 0.15) is 0 Å². The van der Waals surface area contributed by atoms with E-state index in [1.807, 2.05) is 6.08 Å². The molecule has 0 aromatic heterocycles. The first-order valence-electron chi connectivity index (χ1n) is 37.5. The van der Waals surface area contributed by atoms with Crippen molar-refractivity contribution in [2.45, 2.75) is 443 Å². The minimum absolute atomic E-state index is 0.0240. The van der Waals surface area contributed by atoms with E-state index < -0.39 is 12.1 Å². The number of unbranched alkanes of at least 4 members (excludes halogenated alkanes) is 60. The second kappa shape index (κ2) is 71.1. The second-order valence-electron chi connectivity index (χ2n) is 26.0. The lowest BCUT2D eigenvalue weighted by atomic mass is 10.0. The van der Waals surface area contributed by atoms with Gasteiger partial charge in [-0.2, -0.15) is 0 Å². The fourth-order valence-corrected chi connectivity index (χ4v) is 12.1. The van der Waals surface area contributed by atoms with Crippen molar-refractivity contribution in [3.05, 3.63) is 12.2 Å². The van der Waals surface area contributed by atoms with E-state index in [1.54, 1.807) is 6.08 Å². The highest BCUT2D eigenvalue weighted by Gasteiger charge is 2.18. The van der Waals surface area contributed by atoms with Crippen molar-refractivity contribution in [2.75, 3.05) is 13.2 Å². The molecule has 0 aromatic carbocycles. The van der Waals surface area contributed by atoms with Crippen LogP contribution < -0.4 is 5.32 Å². The Morgan fingerprint density at radius 2 is 0.568 bits per heavy atom. The fourth-order valence-electron chi connectivity index (χ4n) is 12.1. The molecule has 0 rings (SSSR count). The van der Waals surface area contributed by atoms with Crippen LogP contribution in [0, 0.1) is 0 Å². The highest BCUT2D eigenvalue weighted by molar-refractivity contribution is 5.76. The molecule has 0 bridgehead atoms. The number of esters is 1. The average Bonchev–Trinajstić information content (AvgIpc) is 3.47. The summed E-state index contributed by atoms with van der Waals surface area (Å²) in [5, 5.41) is 23.2. The van der Waals surface area contributed by atoms with Crippen LogP contribution >= 0.6 is 0 Å². The van der Waals surface area contributed by atoms with Crippen LogP contribution in [0.5, 0.6) is 0 Å². The van der Waals surface area contributed by atoms with Gasteiger partial charge in [0.05, 0.1) is 25.4 Å². The van der Waals surface area contributed by atoms with Crippen LogP contribution in [0.15, 0.2) is 12.2 Å². The van der Waals surface area contributed by atoms with Crippen molar-refractivity contribution in [3.8, 4) is 0 Å². The molecule has 2 unspecified atom stereocenters. The lowest BCUT2D eigenvalue weighted by molar-refractivity contribution is -0.143. The van der Waals surface area contributed by atoms with Gasteiger partial charge in [-0.15, -0.1) is 0 Å². The van der Waals surface area contributed by atoms with Crippen LogP contribution in [0.4, 0.5) is 0 Å². The number of rotatable bonds is 71. The Kier molecular flexibility index (Phi) is 69.9. The molecule has 0 aromatic rings. The smallest absolute Gasteiger partial charge is 0.305 e. The van der Waals surface area contributed by atoms with Gasteiger partial charge in [0.15, 0.2) is 0 Å². The van der Waals surface area contributed by atoms with E-state index in [9.17, 15) is 19.8 Å². The van der Waals surface area contributed by atoms with E-state index in [0.29, 0.717) is 19.4 Å². The number of nitrogens with one attached hydrogen (secondary N) is 1. The van der Waals surface area contributed by atoms with E-state index in [-0.39, 0.29) is 18.5 Å². The Labute approximate surface area is 508 Å². The van der Waals surface area contributed by atoms with Crippen LogP contribution in [0.25, 0.3) is 0 Å². The van der Waals surface area contributed by atoms with Gasteiger partial charge in [0.25, 0.3) is 0 Å². The number of hydrogen-bond donors (Lipinski definition) is 3. The van der Waals surface area contributed by atoms with Crippen LogP contribution in [-0.4, -0.2) is 47.4 Å². The molecule has 0 aliphatic carbocycles. The molecule has 0 aliphatic rings. The zero-order valence-corrected chi connectivity index (χ0v) is 55.3. The van der Waals surface area contributed by atoms with Gasteiger partial charge < -0.3 is 20.3 Å². The number of amides is 1. The van der Waals surface area contributed by atoms with E-state index >= 15 is 0 Å². The van der Waals surface area contributed by atoms with E-state index in [0.717, 1.165) is 38.5 Å². The summed E-state index contributed by atoms with van der Waals surface area (Å²) in [6.45, 7) is 4.95. The Bertz CT molecular complexity index is 1220. The van der Waals surface area contributed by atoms with Gasteiger partial charge in [-0.05, 0) is 32.1 Å². The summed E-state index contributed by atoms with van der Waals surface area (Å²) in [6, 6.07) is -0.623. The third-order valence-electron chi connectivity index (χ3n) is 17.8. The number of carbonyl (C=O) groups excluding carboxylic acids is 2. The standard InChI is InChI=1S/C75H147NO5/c1-3-5-7-9-11-13-15-17-18-38-41-44-47-51-55-59-63-67-73(78)72(71-77)76-74(79)68-64-60-56-52-48-45-42-39-36-34-32-30-28-26-24-22-20-19-21-23-25-27-29-31-33-35-37-40-43-46-50-54-58-62-66-70-81-75(80)69-65-61-57-53-49-16-14-12-10-8-6-4-2/h63,67,72-73,77-78H,3-62,64-66,68-71H2,1-2H3,(H,76,79)/b67-63+. The van der Waals surface area contributed by atoms with Crippen molar-refractivity contribution in [2.24, 2.45) is 0 Å². The minimum atomic E-state index is -0.840. The van der Waals surface area contributed by atoms with E-state index in [1.165, 1.54) is 366 Å². The molecule has 0 saturated heterocycles. The van der Waals surface area contributed by atoms with Gasteiger partial charge >= 0.3 is 5.97 Å². The highest BCUT2D eigenvalue weighted by Crippen LogP contribution is 2.20. The van der Waals surface area contributed by atoms with Gasteiger partial charge in [0.2, 0.25) is 5.91 Å². The first kappa shape index (κ1) is 79.6. The Morgan fingerprint density at radius 3 is 0.840 bits per heavy atom. The molecule has 0 heterocycles. The second-order valence-corrected chi connectivity index (χ2v) is 26.0. The number of carbonyl (C=O) groups is 2. The van der Waals surface area contributed by atoms with Gasteiger partial charge in [-0.3, -0.25) is 9.59 Å². The molecular weight excluding hydrogens is 995 g/mol.